The lowest BCUT2D eigenvalue weighted by Gasteiger charge is -2.21. The molecular formula is C14H19NO4. The summed E-state index contributed by atoms with van der Waals surface area (Å²) in [6, 6.07) is 5.21. The molecule has 1 N–H and O–H groups in total. The van der Waals surface area contributed by atoms with Crippen LogP contribution >= 0.6 is 0 Å². The van der Waals surface area contributed by atoms with E-state index in [-0.39, 0.29) is 18.8 Å². The van der Waals surface area contributed by atoms with Crippen molar-refractivity contribution in [2.24, 2.45) is 0 Å². The summed E-state index contributed by atoms with van der Waals surface area (Å²) in [4.78, 5) is 11.9. The van der Waals surface area contributed by atoms with Gasteiger partial charge in [-0.2, -0.15) is 0 Å². The van der Waals surface area contributed by atoms with E-state index in [1.165, 1.54) is 7.11 Å². The Morgan fingerprint density at radius 1 is 1.42 bits per heavy atom. The number of hydrogen-bond acceptors (Lipinski definition) is 5. The molecule has 5 heteroatoms. The lowest BCUT2D eigenvalue weighted by atomic mass is 10.0. The van der Waals surface area contributed by atoms with Gasteiger partial charge in [0.25, 0.3) is 0 Å². The highest BCUT2D eigenvalue weighted by molar-refractivity contribution is 5.78. The van der Waals surface area contributed by atoms with Crippen LogP contribution in [0.15, 0.2) is 18.2 Å². The van der Waals surface area contributed by atoms with Gasteiger partial charge in [-0.05, 0) is 31.0 Å². The largest absolute Gasteiger partial charge is 0.468 e. The Balaban J connectivity index is 2.24. The molecule has 2 rings (SSSR count). The van der Waals surface area contributed by atoms with Gasteiger partial charge in [-0.1, -0.05) is 13.0 Å². The van der Waals surface area contributed by atoms with E-state index in [1.54, 1.807) is 0 Å². The molecule has 0 fully saturated rings. The molecule has 104 valence electrons. The lowest BCUT2D eigenvalue weighted by Crippen LogP contribution is -2.35. The average Bonchev–Trinajstić information content (AvgIpc) is 2.90. The van der Waals surface area contributed by atoms with Gasteiger partial charge in [0.15, 0.2) is 11.5 Å². The highest BCUT2D eigenvalue weighted by Crippen LogP contribution is 2.34. The third kappa shape index (κ3) is 2.98. The van der Waals surface area contributed by atoms with E-state index in [0.717, 1.165) is 12.0 Å². The van der Waals surface area contributed by atoms with Crippen LogP contribution in [0, 0.1) is 0 Å². The molecule has 1 heterocycles. The Kier molecular flexibility index (Phi) is 4.27. The molecule has 1 aliphatic rings. The fraction of sp³-hybridized carbons (Fsp3) is 0.500. The van der Waals surface area contributed by atoms with Crippen molar-refractivity contribution < 1.29 is 19.0 Å². The van der Waals surface area contributed by atoms with Crippen molar-refractivity contribution in [1.29, 1.82) is 0 Å². The van der Waals surface area contributed by atoms with Crippen LogP contribution in [0.4, 0.5) is 0 Å². The number of fused-ring (bicyclic) bond motifs is 1. The Morgan fingerprint density at radius 3 is 2.84 bits per heavy atom. The standard InChI is InChI=1S/C14H19NO4/c1-4-9(2)15-13(14(16)17-3)10-5-6-11-12(7-10)19-8-18-11/h5-7,9,13,15H,4,8H2,1-3H3. The van der Waals surface area contributed by atoms with Crippen LogP contribution in [-0.2, 0) is 9.53 Å². The third-order valence-electron chi connectivity index (χ3n) is 3.23. The van der Waals surface area contributed by atoms with Crippen LogP contribution < -0.4 is 14.8 Å². The molecule has 0 aromatic heterocycles. The summed E-state index contributed by atoms with van der Waals surface area (Å²) >= 11 is 0. The SMILES string of the molecule is CCC(C)NC(C(=O)OC)c1ccc2c(c1)OCO2. The van der Waals surface area contributed by atoms with Crippen molar-refractivity contribution >= 4 is 5.97 Å². The smallest absolute Gasteiger partial charge is 0.327 e. The second-order valence-electron chi connectivity index (χ2n) is 4.54. The number of rotatable bonds is 5. The van der Waals surface area contributed by atoms with Gasteiger partial charge in [0, 0.05) is 6.04 Å². The number of ether oxygens (including phenoxy) is 3. The highest BCUT2D eigenvalue weighted by Gasteiger charge is 2.25. The predicted molar refractivity (Wildman–Crippen MR) is 70.2 cm³/mol. The first kappa shape index (κ1) is 13.7. The van der Waals surface area contributed by atoms with E-state index in [2.05, 4.69) is 12.2 Å². The van der Waals surface area contributed by atoms with Gasteiger partial charge in [0.1, 0.15) is 6.04 Å². The maximum Gasteiger partial charge on any atom is 0.327 e. The fourth-order valence-electron chi connectivity index (χ4n) is 1.91. The number of hydrogen-bond donors (Lipinski definition) is 1. The fourth-order valence-corrected chi connectivity index (χ4v) is 1.91. The van der Waals surface area contributed by atoms with E-state index in [0.29, 0.717) is 11.5 Å². The van der Waals surface area contributed by atoms with Crippen LogP contribution in [0.3, 0.4) is 0 Å². The maximum absolute atomic E-state index is 11.9. The zero-order valence-electron chi connectivity index (χ0n) is 11.4. The summed E-state index contributed by atoms with van der Waals surface area (Å²) in [6.07, 6.45) is 0.929. The van der Waals surface area contributed by atoms with Crippen molar-refractivity contribution in [3.05, 3.63) is 23.8 Å². The van der Waals surface area contributed by atoms with Gasteiger partial charge in [-0.3, -0.25) is 5.32 Å². The maximum atomic E-state index is 11.9. The molecule has 0 radical (unpaired) electrons. The van der Waals surface area contributed by atoms with Crippen LogP contribution in [-0.4, -0.2) is 25.9 Å². The van der Waals surface area contributed by atoms with Gasteiger partial charge >= 0.3 is 5.97 Å². The van der Waals surface area contributed by atoms with Crippen LogP contribution in [0.1, 0.15) is 31.9 Å². The second kappa shape index (κ2) is 5.93. The van der Waals surface area contributed by atoms with Crippen molar-refractivity contribution in [3.8, 4) is 11.5 Å². The van der Waals surface area contributed by atoms with Crippen LogP contribution in [0.25, 0.3) is 0 Å². The number of carbonyl (C=O) groups excluding carboxylic acids is 1. The zero-order chi connectivity index (χ0) is 13.8. The van der Waals surface area contributed by atoms with E-state index in [9.17, 15) is 4.79 Å². The quantitative estimate of drug-likeness (QED) is 0.825. The Hall–Kier alpha value is -1.75. The Morgan fingerprint density at radius 2 is 2.16 bits per heavy atom. The van der Waals surface area contributed by atoms with Crippen molar-refractivity contribution in [2.75, 3.05) is 13.9 Å². The summed E-state index contributed by atoms with van der Waals surface area (Å²) in [7, 11) is 1.39. The summed E-state index contributed by atoms with van der Waals surface area (Å²) in [5, 5.41) is 3.25. The Bertz CT molecular complexity index is 461. The molecular weight excluding hydrogens is 246 g/mol. The summed E-state index contributed by atoms with van der Waals surface area (Å²) in [5.74, 6) is 1.06. The van der Waals surface area contributed by atoms with E-state index in [1.807, 2.05) is 25.1 Å². The van der Waals surface area contributed by atoms with Crippen molar-refractivity contribution in [2.45, 2.75) is 32.4 Å². The molecule has 0 spiro atoms. The second-order valence-corrected chi connectivity index (χ2v) is 4.54. The topological polar surface area (TPSA) is 56.8 Å². The molecule has 0 saturated heterocycles. The minimum atomic E-state index is -0.491. The van der Waals surface area contributed by atoms with Crippen LogP contribution in [0.2, 0.25) is 0 Å². The monoisotopic (exact) mass is 265 g/mol. The molecule has 0 aliphatic carbocycles. The number of carbonyl (C=O) groups is 1. The number of esters is 1. The van der Waals surface area contributed by atoms with E-state index >= 15 is 0 Å². The Labute approximate surface area is 112 Å². The first-order chi connectivity index (χ1) is 9.15. The third-order valence-corrected chi connectivity index (χ3v) is 3.23. The minimum Gasteiger partial charge on any atom is -0.468 e. The average molecular weight is 265 g/mol. The van der Waals surface area contributed by atoms with Crippen molar-refractivity contribution in [1.82, 2.24) is 5.32 Å². The number of benzene rings is 1. The molecule has 0 saturated carbocycles. The predicted octanol–water partition coefficient (Wildman–Crippen LogP) is 2.02. The summed E-state index contributed by atoms with van der Waals surface area (Å²) in [6.45, 7) is 4.31. The molecule has 5 nitrogen and oxygen atoms in total. The molecule has 1 aromatic rings. The first-order valence-electron chi connectivity index (χ1n) is 6.39. The summed E-state index contributed by atoms with van der Waals surface area (Å²) in [5.41, 5.74) is 0.816. The number of nitrogens with one attached hydrogen (secondary N) is 1. The summed E-state index contributed by atoms with van der Waals surface area (Å²) < 4.78 is 15.5. The molecule has 2 unspecified atom stereocenters. The van der Waals surface area contributed by atoms with Crippen molar-refractivity contribution in [3.63, 3.8) is 0 Å². The normalized spacial score (nSPS) is 15.9. The molecule has 1 aromatic carbocycles. The highest BCUT2D eigenvalue weighted by atomic mass is 16.7. The molecule has 2 atom stereocenters. The van der Waals surface area contributed by atoms with Gasteiger partial charge in [0.05, 0.1) is 7.11 Å². The van der Waals surface area contributed by atoms with Gasteiger partial charge < -0.3 is 14.2 Å². The van der Waals surface area contributed by atoms with Gasteiger partial charge in [-0.15, -0.1) is 0 Å². The number of methoxy groups -OCH3 is 1. The lowest BCUT2D eigenvalue weighted by molar-refractivity contribution is -0.143. The van der Waals surface area contributed by atoms with Gasteiger partial charge in [-0.25, -0.2) is 4.79 Å². The van der Waals surface area contributed by atoms with Crippen LogP contribution in [0.5, 0.6) is 11.5 Å². The zero-order valence-corrected chi connectivity index (χ0v) is 11.4. The van der Waals surface area contributed by atoms with E-state index in [4.69, 9.17) is 14.2 Å². The molecule has 0 bridgehead atoms. The first-order valence-corrected chi connectivity index (χ1v) is 6.39. The minimum absolute atomic E-state index is 0.217. The molecule has 0 amide bonds. The molecule has 1 aliphatic heterocycles. The van der Waals surface area contributed by atoms with E-state index < -0.39 is 6.04 Å². The van der Waals surface area contributed by atoms with Gasteiger partial charge in [0.2, 0.25) is 6.79 Å². The molecule has 19 heavy (non-hydrogen) atoms.